The number of unbranched alkanes of at least 4 members (excludes halogenated alkanes) is 20. The SMILES string of the molecule is CCCCCCCCC1CC(CCCCCCCC)C1(CCCCCCCCN=C=O)CCCCCCCCN=C=O. The van der Waals surface area contributed by atoms with Gasteiger partial charge in [-0.3, -0.25) is 0 Å². The first-order valence-corrected chi connectivity index (χ1v) is 18.8. The fourth-order valence-corrected chi connectivity index (χ4v) is 7.88. The minimum absolute atomic E-state index is 0.615. The van der Waals surface area contributed by atoms with Crippen LogP contribution in [-0.4, -0.2) is 25.2 Å². The number of aliphatic imine (C=N–C) groups is 2. The molecule has 4 nitrogen and oxygen atoms in total. The smallest absolute Gasteiger partial charge is 0.211 e. The van der Waals surface area contributed by atoms with E-state index in [9.17, 15) is 9.59 Å². The van der Waals surface area contributed by atoms with E-state index >= 15 is 0 Å². The summed E-state index contributed by atoms with van der Waals surface area (Å²) in [6, 6.07) is 0. The summed E-state index contributed by atoms with van der Waals surface area (Å²) in [7, 11) is 0. The van der Waals surface area contributed by atoms with E-state index in [0.717, 1.165) is 24.7 Å². The molecule has 0 aromatic carbocycles. The van der Waals surface area contributed by atoms with Gasteiger partial charge in [0.2, 0.25) is 12.2 Å². The zero-order valence-electron chi connectivity index (χ0n) is 28.3. The van der Waals surface area contributed by atoms with Crippen molar-refractivity contribution >= 4 is 12.2 Å². The summed E-state index contributed by atoms with van der Waals surface area (Å²) in [6.07, 6.45) is 43.0. The summed E-state index contributed by atoms with van der Waals surface area (Å²) >= 11 is 0. The van der Waals surface area contributed by atoms with Gasteiger partial charge in [0.05, 0.1) is 13.1 Å². The number of rotatable bonds is 32. The molecule has 0 heterocycles. The number of hydrogen-bond acceptors (Lipinski definition) is 4. The van der Waals surface area contributed by atoms with Gasteiger partial charge in [-0.15, -0.1) is 0 Å². The van der Waals surface area contributed by atoms with Crippen molar-refractivity contribution in [3.63, 3.8) is 0 Å². The molecule has 1 fully saturated rings. The Kier molecular flexibility index (Phi) is 26.3. The van der Waals surface area contributed by atoms with Crippen molar-refractivity contribution in [3.8, 4) is 0 Å². The summed E-state index contributed by atoms with van der Waals surface area (Å²) in [4.78, 5) is 28.0. The van der Waals surface area contributed by atoms with E-state index < -0.39 is 0 Å². The molecule has 0 radical (unpaired) electrons. The molecular formula is C38H70N2O2. The maximum atomic E-state index is 10.3. The molecule has 4 heteroatoms. The molecule has 0 aromatic rings. The first kappa shape index (κ1) is 38.8. The molecule has 0 aliphatic heterocycles. The predicted octanol–water partition coefficient (Wildman–Crippen LogP) is 12.2. The van der Waals surface area contributed by atoms with E-state index in [1.54, 1.807) is 12.2 Å². The van der Waals surface area contributed by atoms with Gasteiger partial charge in [-0.2, -0.15) is 0 Å². The van der Waals surface area contributed by atoms with Crippen LogP contribution in [0.15, 0.2) is 9.98 Å². The number of carbonyl (C=O) groups excluding carboxylic acids is 2. The maximum Gasteiger partial charge on any atom is 0.234 e. The van der Waals surface area contributed by atoms with Crippen LogP contribution in [0.3, 0.4) is 0 Å². The average molecular weight is 587 g/mol. The lowest BCUT2D eigenvalue weighted by atomic mass is 9.47. The molecule has 42 heavy (non-hydrogen) atoms. The summed E-state index contributed by atoms with van der Waals surface area (Å²) in [5.74, 6) is 1.94. The van der Waals surface area contributed by atoms with E-state index in [1.807, 2.05) is 0 Å². The molecule has 1 rings (SSSR count). The highest BCUT2D eigenvalue weighted by atomic mass is 16.1. The van der Waals surface area contributed by atoms with E-state index in [1.165, 1.54) is 173 Å². The molecular weight excluding hydrogens is 516 g/mol. The van der Waals surface area contributed by atoms with Crippen molar-refractivity contribution in [2.24, 2.45) is 27.2 Å². The molecule has 0 aromatic heterocycles. The van der Waals surface area contributed by atoms with Gasteiger partial charge in [0.25, 0.3) is 0 Å². The maximum absolute atomic E-state index is 10.3. The molecule has 244 valence electrons. The molecule has 0 spiro atoms. The number of nitrogens with zero attached hydrogens (tertiary/aromatic N) is 2. The Bertz CT molecular complexity index is 637. The molecule has 1 aliphatic carbocycles. The van der Waals surface area contributed by atoms with Crippen LogP contribution >= 0.6 is 0 Å². The molecule has 1 aliphatic rings. The van der Waals surface area contributed by atoms with Crippen LogP contribution in [0.25, 0.3) is 0 Å². The summed E-state index contributed by atoms with van der Waals surface area (Å²) in [6.45, 7) is 5.94. The molecule has 0 amide bonds. The lowest BCUT2D eigenvalue weighted by Crippen LogP contribution is -2.49. The van der Waals surface area contributed by atoms with E-state index in [4.69, 9.17) is 0 Å². The van der Waals surface area contributed by atoms with Gasteiger partial charge >= 0.3 is 0 Å². The van der Waals surface area contributed by atoms with E-state index in [-0.39, 0.29) is 0 Å². The molecule has 2 unspecified atom stereocenters. The van der Waals surface area contributed by atoms with Gasteiger partial charge in [0.1, 0.15) is 0 Å². The van der Waals surface area contributed by atoms with Crippen LogP contribution in [0.4, 0.5) is 0 Å². The van der Waals surface area contributed by atoms with Crippen molar-refractivity contribution in [1.29, 1.82) is 0 Å². The van der Waals surface area contributed by atoms with Crippen LogP contribution in [0.2, 0.25) is 0 Å². The highest BCUT2D eigenvalue weighted by Gasteiger charge is 2.52. The van der Waals surface area contributed by atoms with Crippen LogP contribution in [0.1, 0.15) is 200 Å². The van der Waals surface area contributed by atoms with Crippen molar-refractivity contribution in [1.82, 2.24) is 0 Å². The zero-order chi connectivity index (χ0) is 30.4. The second-order valence-corrected chi connectivity index (χ2v) is 13.7. The third-order valence-electron chi connectivity index (χ3n) is 10.5. The first-order valence-electron chi connectivity index (χ1n) is 18.8. The van der Waals surface area contributed by atoms with E-state index in [2.05, 4.69) is 23.8 Å². The predicted molar refractivity (Wildman–Crippen MR) is 181 cm³/mol. The van der Waals surface area contributed by atoms with Crippen molar-refractivity contribution < 1.29 is 9.59 Å². The fraction of sp³-hybridized carbons (Fsp3) is 0.947. The Morgan fingerprint density at radius 1 is 0.476 bits per heavy atom. The Morgan fingerprint density at radius 2 is 0.810 bits per heavy atom. The van der Waals surface area contributed by atoms with Crippen molar-refractivity contribution in [2.45, 2.75) is 200 Å². The van der Waals surface area contributed by atoms with Crippen molar-refractivity contribution in [2.75, 3.05) is 13.1 Å². The van der Waals surface area contributed by atoms with Gasteiger partial charge < -0.3 is 0 Å². The summed E-state index contributed by atoms with van der Waals surface area (Å²) in [5, 5.41) is 0. The molecule has 0 saturated heterocycles. The van der Waals surface area contributed by atoms with Crippen LogP contribution in [0.5, 0.6) is 0 Å². The summed E-state index contributed by atoms with van der Waals surface area (Å²) < 4.78 is 0. The minimum Gasteiger partial charge on any atom is -0.211 e. The van der Waals surface area contributed by atoms with Crippen LogP contribution in [0, 0.1) is 17.3 Å². The van der Waals surface area contributed by atoms with Crippen molar-refractivity contribution in [3.05, 3.63) is 0 Å². The number of isocyanates is 2. The van der Waals surface area contributed by atoms with Crippen LogP contribution in [-0.2, 0) is 9.59 Å². The van der Waals surface area contributed by atoms with Crippen LogP contribution < -0.4 is 0 Å². The molecule has 0 bridgehead atoms. The van der Waals surface area contributed by atoms with E-state index in [0.29, 0.717) is 18.5 Å². The summed E-state index contributed by atoms with van der Waals surface area (Å²) in [5.41, 5.74) is 0.615. The standard InChI is InChI=1S/C38H70N2O2/c1-3-5-7-9-15-21-27-36-33-37(28-22-16-10-8-6-4-2)38(36,29-23-17-11-13-19-25-31-39-34-41)30-24-18-12-14-20-26-32-40-35-42/h36-37H,3-33H2,1-2H3. The largest absolute Gasteiger partial charge is 0.234 e. The highest BCUT2D eigenvalue weighted by molar-refractivity contribution is 5.32. The third-order valence-corrected chi connectivity index (χ3v) is 10.5. The molecule has 0 N–H and O–H groups in total. The molecule has 2 atom stereocenters. The quantitative estimate of drug-likeness (QED) is 0.0447. The normalized spacial score (nSPS) is 19.7. The highest BCUT2D eigenvalue weighted by Crippen LogP contribution is 2.61. The Hall–Kier alpha value is -1.24. The average Bonchev–Trinajstić information content (AvgIpc) is 2.99. The zero-order valence-corrected chi connectivity index (χ0v) is 28.3. The van der Waals surface area contributed by atoms with Gasteiger partial charge in [-0.1, -0.05) is 155 Å². The minimum atomic E-state index is 0.615. The Labute approximate surface area is 261 Å². The topological polar surface area (TPSA) is 58.9 Å². The second kappa shape index (κ2) is 28.5. The fourth-order valence-electron chi connectivity index (χ4n) is 7.88. The van der Waals surface area contributed by atoms with Gasteiger partial charge in [-0.05, 0) is 62.2 Å². The van der Waals surface area contributed by atoms with Gasteiger partial charge in [0, 0.05) is 0 Å². The first-order chi connectivity index (χ1) is 20.7. The molecule has 1 saturated carbocycles. The lowest BCUT2D eigenvalue weighted by Gasteiger charge is -2.58. The Morgan fingerprint density at radius 3 is 1.19 bits per heavy atom. The number of hydrogen-bond donors (Lipinski definition) is 0. The lowest BCUT2D eigenvalue weighted by molar-refractivity contribution is -0.0833. The Balaban J connectivity index is 2.67. The van der Waals surface area contributed by atoms with Gasteiger partial charge in [0.15, 0.2) is 0 Å². The third kappa shape index (κ3) is 18.4. The second-order valence-electron chi connectivity index (χ2n) is 13.7. The van der Waals surface area contributed by atoms with Gasteiger partial charge in [-0.25, -0.2) is 19.6 Å². The monoisotopic (exact) mass is 587 g/mol.